The first-order chi connectivity index (χ1) is 14.1. The van der Waals surface area contributed by atoms with Crippen LogP contribution in [-0.4, -0.2) is 47.7 Å². The van der Waals surface area contributed by atoms with Gasteiger partial charge in [0.05, 0.1) is 0 Å². The molecule has 1 heterocycles. The van der Waals surface area contributed by atoms with E-state index in [-0.39, 0.29) is 40.5 Å². The van der Waals surface area contributed by atoms with Crippen LogP contribution in [0.1, 0.15) is 72.6 Å². The van der Waals surface area contributed by atoms with Gasteiger partial charge in [0.15, 0.2) is 0 Å². The summed E-state index contributed by atoms with van der Waals surface area (Å²) in [7, 11) is 0. The minimum atomic E-state index is -0.191. The maximum atomic E-state index is 13.7. The third-order valence-corrected chi connectivity index (χ3v) is 10.1. The van der Waals surface area contributed by atoms with E-state index in [1.54, 1.807) is 6.92 Å². The molecule has 5 aliphatic rings. The van der Waals surface area contributed by atoms with Crippen molar-refractivity contribution in [2.75, 3.05) is 13.1 Å². The number of fused-ring (bicyclic) bond motifs is 5. The van der Waals surface area contributed by atoms with Gasteiger partial charge < -0.3 is 4.74 Å². The Hall–Kier alpha value is -1.23. The molecule has 0 unspecified atom stereocenters. The number of carbonyl (C=O) groups excluding carboxylic acids is 3. The molecule has 0 N–H and O–H groups in total. The van der Waals surface area contributed by atoms with Crippen LogP contribution in [0.5, 0.6) is 0 Å². The molecule has 166 valence electrons. The summed E-state index contributed by atoms with van der Waals surface area (Å²) >= 11 is 0. The zero-order valence-electron chi connectivity index (χ0n) is 19.0. The lowest BCUT2D eigenvalue weighted by Crippen LogP contribution is -2.58. The Morgan fingerprint density at radius 3 is 2.40 bits per heavy atom. The maximum Gasteiger partial charge on any atom is 0.302 e. The molecule has 4 aliphatic carbocycles. The third kappa shape index (κ3) is 2.94. The largest absolute Gasteiger partial charge is 0.463 e. The summed E-state index contributed by atoms with van der Waals surface area (Å²) in [5.41, 5.74) is -0.156. The predicted molar refractivity (Wildman–Crippen MR) is 113 cm³/mol. The lowest BCUT2D eigenvalue weighted by molar-refractivity contribution is -0.169. The summed E-state index contributed by atoms with van der Waals surface area (Å²) < 4.78 is 5.55. The summed E-state index contributed by atoms with van der Waals surface area (Å²) in [4.78, 5) is 40.4. The smallest absolute Gasteiger partial charge is 0.302 e. The molecule has 1 saturated heterocycles. The fourth-order valence-electron chi connectivity index (χ4n) is 8.88. The minimum Gasteiger partial charge on any atom is -0.463 e. The topological polar surface area (TPSA) is 63.5 Å². The Morgan fingerprint density at radius 1 is 1.03 bits per heavy atom. The quantitative estimate of drug-likeness (QED) is 0.520. The van der Waals surface area contributed by atoms with Crippen molar-refractivity contribution < 1.29 is 19.1 Å². The molecule has 4 saturated carbocycles. The van der Waals surface area contributed by atoms with E-state index in [2.05, 4.69) is 18.7 Å². The van der Waals surface area contributed by atoms with E-state index < -0.39 is 0 Å². The van der Waals surface area contributed by atoms with Crippen molar-refractivity contribution in [2.24, 2.45) is 40.4 Å². The number of hydrogen-bond acceptors (Lipinski definition) is 5. The van der Waals surface area contributed by atoms with Crippen molar-refractivity contribution in [3.63, 3.8) is 0 Å². The molecule has 0 radical (unpaired) electrons. The van der Waals surface area contributed by atoms with Gasteiger partial charge in [-0.05, 0) is 74.0 Å². The number of rotatable bonds is 3. The van der Waals surface area contributed by atoms with Crippen LogP contribution in [0.15, 0.2) is 0 Å². The van der Waals surface area contributed by atoms with Gasteiger partial charge in [0.25, 0.3) is 0 Å². The van der Waals surface area contributed by atoms with E-state index in [9.17, 15) is 14.4 Å². The molecular weight excluding hydrogens is 378 g/mol. The number of hydrogen-bond donors (Lipinski definition) is 0. The molecule has 0 bridgehead atoms. The summed E-state index contributed by atoms with van der Waals surface area (Å²) in [6, 6.07) is 0.342. The fraction of sp³-hybridized carbons (Fsp3) is 0.880. The number of esters is 1. The molecular formula is C25H37NO4. The van der Waals surface area contributed by atoms with Gasteiger partial charge in [0.1, 0.15) is 17.7 Å². The second kappa shape index (κ2) is 6.88. The average Bonchev–Trinajstić information content (AvgIpc) is 3.43. The van der Waals surface area contributed by atoms with Gasteiger partial charge in [-0.2, -0.15) is 0 Å². The van der Waals surface area contributed by atoms with Crippen LogP contribution in [0.2, 0.25) is 0 Å². The predicted octanol–water partition coefficient (Wildman–Crippen LogP) is 3.64. The van der Waals surface area contributed by atoms with E-state index in [0.29, 0.717) is 36.0 Å². The molecule has 5 fully saturated rings. The molecule has 0 aromatic heterocycles. The highest BCUT2D eigenvalue weighted by atomic mass is 16.5. The lowest BCUT2D eigenvalue weighted by atomic mass is 9.44. The lowest BCUT2D eigenvalue weighted by Gasteiger charge is -2.59. The molecule has 5 nitrogen and oxygen atoms in total. The van der Waals surface area contributed by atoms with E-state index in [0.717, 1.165) is 51.6 Å². The summed E-state index contributed by atoms with van der Waals surface area (Å²) in [6.45, 7) is 10.1. The maximum absolute atomic E-state index is 13.7. The molecule has 9 atom stereocenters. The summed E-state index contributed by atoms with van der Waals surface area (Å²) in [5.74, 6) is 1.98. The molecule has 0 aromatic rings. The first-order valence-electron chi connectivity index (χ1n) is 12.1. The zero-order valence-corrected chi connectivity index (χ0v) is 19.0. The van der Waals surface area contributed by atoms with Gasteiger partial charge in [-0.3, -0.25) is 19.3 Å². The van der Waals surface area contributed by atoms with Crippen LogP contribution >= 0.6 is 0 Å². The molecule has 30 heavy (non-hydrogen) atoms. The van der Waals surface area contributed by atoms with Crippen LogP contribution < -0.4 is 0 Å². The molecule has 0 aromatic carbocycles. The van der Waals surface area contributed by atoms with Crippen molar-refractivity contribution in [2.45, 2.75) is 84.8 Å². The van der Waals surface area contributed by atoms with Crippen LogP contribution in [-0.2, 0) is 19.1 Å². The monoisotopic (exact) mass is 415 g/mol. The Balaban J connectivity index is 1.44. The number of carbonyl (C=O) groups is 3. The minimum absolute atomic E-state index is 0.0140. The van der Waals surface area contributed by atoms with E-state index in [4.69, 9.17) is 4.74 Å². The van der Waals surface area contributed by atoms with Crippen LogP contribution in [0.3, 0.4) is 0 Å². The second-order valence-electron chi connectivity index (χ2n) is 11.6. The van der Waals surface area contributed by atoms with Crippen LogP contribution in [0.25, 0.3) is 0 Å². The number of Topliss-reactive ketones (excluding diaryl/α,β-unsaturated/α-hetero) is 2. The fourth-order valence-corrected chi connectivity index (χ4v) is 8.88. The Bertz CT molecular complexity index is 775. The van der Waals surface area contributed by atoms with E-state index in [1.165, 1.54) is 6.92 Å². The molecule has 5 heteroatoms. The van der Waals surface area contributed by atoms with Gasteiger partial charge >= 0.3 is 5.97 Å². The van der Waals surface area contributed by atoms with Gasteiger partial charge in [-0.25, -0.2) is 0 Å². The van der Waals surface area contributed by atoms with Crippen molar-refractivity contribution in [1.82, 2.24) is 4.90 Å². The van der Waals surface area contributed by atoms with Crippen molar-refractivity contribution in [3.05, 3.63) is 0 Å². The summed E-state index contributed by atoms with van der Waals surface area (Å²) in [5, 5.41) is 0. The van der Waals surface area contributed by atoms with Gasteiger partial charge in [-0.1, -0.05) is 13.8 Å². The van der Waals surface area contributed by atoms with Gasteiger partial charge in [-0.15, -0.1) is 0 Å². The van der Waals surface area contributed by atoms with Crippen LogP contribution in [0.4, 0.5) is 0 Å². The highest BCUT2D eigenvalue weighted by molar-refractivity contribution is 5.87. The number of ketones is 2. The Morgan fingerprint density at radius 2 is 1.77 bits per heavy atom. The Labute approximate surface area is 180 Å². The zero-order chi connectivity index (χ0) is 21.4. The van der Waals surface area contributed by atoms with Crippen LogP contribution in [0, 0.1) is 40.4 Å². The van der Waals surface area contributed by atoms with Crippen molar-refractivity contribution in [3.8, 4) is 0 Å². The summed E-state index contributed by atoms with van der Waals surface area (Å²) in [6.07, 6.45) is 6.63. The SMILES string of the molecule is CC(=O)O[C@H]1CC[C@@]2(C)[C@H](CC[C@H]3[C@@H]4C[C@H](N5CC5)[C@H](C(C)=O)[C@@]4(C)CC(=O)[C@@H]32)C1. The first-order valence-corrected chi connectivity index (χ1v) is 12.1. The second-order valence-corrected chi connectivity index (χ2v) is 11.6. The van der Waals surface area contributed by atoms with Crippen molar-refractivity contribution in [1.29, 1.82) is 0 Å². The number of nitrogens with zero attached hydrogens (tertiary/aromatic N) is 1. The third-order valence-electron chi connectivity index (χ3n) is 10.1. The molecule has 0 spiro atoms. The molecule has 1 aliphatic heterocycles. The highest BCUT2D eigenvalue weighted by Crippen LogP contribution is 2.67. The van der Waals surface area contributed by atoms with Gasteiger partial charge in [0, 0.05) is 44.3 Å². The standard InChI is InChI=1S/C25H37NO4/c1-14(27)22-20(26-9-10-26)12-19-18-6-5-16-11-17(30-15(2)28)7-8-24(16,3)23(18)21(29)13-25(19,22)4/h16-20,22-23H,5-13H2,1-4H3/t16-,17+,18+,19+,20+,22+,23-,24+,25+/m1/s1. The number of ether oxygens (including phenoxy) is 1. The van der Waals surface area contributed by atoms with Crippen molar-refractivity contribution >= 4 is 17.5 Å². The Kier molecular flexibility index (Phi) is 4.74. The molecule has 5 rings (SSSR count). The van der Waals surface area contributed by atoms with E-state index in [1.807, 2.05) is 0 Å². The van der Waals surface area contributed by atoms with Gasteiger partial charge in [0.2, 0.25) is 0 Å². The normalized spacial score (nSPS) is 50.3. The highest BCUT2D eigenvalue weighted by Gasteiger charge is 2.66. The van der Waals surface area contributed by atoms with E-state index >= 15 is 0 Å². The molecule has 0 amide bonds. The first kappa shape index (κ1) is 20.7. The average molecular weight is 416 g/mol.